The Hall–Kier alpha value is -2.62. The van der Waals surface area contributed by atoms with E-state index in [0.717, 1.165) is 16.9 Å². The number of nitrogens with zero attached hydrogens (tertiary/aromatic N) is 2. The maximum atomic E-state index is 5.69. The van der Waals surface area contributed by atoms with Gasteiger partial charge >= 0.3 is 0 Å². The Morgan fingerprint density at radius 3 is 2.52 bits per heavy atom. The molecule has 0 aliphatic heterocycles. The van der Waals surface area contributed by atoms with E-state index in [-0.39, 0.29) is 0 Å². The number of hydrogen-bond acceptors (Lipinski definition) is 3. The summed E-state index contributed by atoms with van der Waals surface area (Å²) < 4.78 is 5.69. The number of aryl methyl sites for hydroxylation is 2. The molecule has 2 aromatic carbocycles. The second kappa shape index (κ2) is 5.79. The van der Waals surface area contributed by atoms with Gasteiger partial charge in [0.2, 0.25) is 0 Å². The Labute approximate surface area is 123 Å². The van der Waals surface area contributed by atoms with Crippen molar-refractivity contribution in [2.75, 3.05) is 0 Å². The maximum Gasteiger partial charge on any atom is 0.181 e. The fraction of sp³-hybridized carbons (Fsp3) is 0.176. The molecule has 0 saturated heterocycles. The van der Waals surface area contributed by atoms with Gasteiger partial charge in [-0.05, 0) is 31.5 Å². The van der Waals surface area contributed by atoms with Crippen LogP contribution in [0.4, 0.5) is 0 Å². The van der Waals surface area contributed by atoms with E-state index in [1.807, 2.05) is 55.5 Å². The first kappa shape index (κ1) is 13.4. The SMILES string of the molecule is Cc1ccc(OCc2nc(-c3ccccc3C)n[nH]2)cc1. The van der Waals surface area contributed by atoms with Crippen molar-refractivity contribution in [2.45, 2.75) is 20.5 Å². The molecule has 1 N–H and O–H groups in total. The van der Waals surface area contributed by atoms with E-state index < -0.39 is 0 Å². The van der Waals surface area contributed by atoms with Crippen molar-refractivity contribution in [3.63, 3.8) is 0 Å². The Balaban J connectivity index is 1.71. The Morgan fingerprint density at radius 2 is 1.76 bits per heavy atom. The second-order valence-corrected chi connectivity index (χ2v) is 5.02. The van der Waals surface area contributed by atoms with Crippen molar-refractivity contribution >= 4 is 0 Å². The first-order valence-corrected chi connectivity index (χ1v) is 6.89. The van der Waals surface area contributed by atoms with Crippen LogP contribution in [0.25, 0.3) is 11.4 Å². The molecule has 0 fully saturated rings. The van der Waals surface area contributed by atoms with E-state index in [1.165, 1.54) is 5.56 Å². The van der Waals surface area contributed by atoms with E-state index in [0.29, 0.717) is 18.3 Å². The first-order chi connectivity index (χ1) is 10.2. The van der Waals surface area contributed by atoms with Crippen LogP contribution < -0.4 is 4.74 Å². The van der Waals surface area contributed by atoms with Gasteiger partial charge in [0, 0.05) is 5.56 Å². The molecule has 0 unspecified atom stereocenters. The van der Waals surface area contributed by atoms with Gasteiger partial charge in [0.15, 0.2) is 11.6 Å². The summed E-state index contributed by atoms with van der Waals surface area (Å²) in [5.74, 6) is 2.25. The zero-order chi connectivity index (χ0) is 14.7. The molecule has 0 radical (unpaired) electrons. The van der Waals surface area contributed by atoms with Crippen LogP contribution in [0.15, 0.2) is 48.5 Å². The number of ether oxygens (including phenoxy) is 1. The van der Waals surface area contributed by atoms with Gasteiger partial charge in [0.1, 0.15) is 12.4 Å². The monoisotopic (exact) mass is 279 g/mol. The van der Waals surface area contributed by atoms with Crippen molar-refractivity contribution in [3.05, 3.63) is 65.5 Å². The van der Waals surface area contributed by atoms with Crippen LogP contribution >= 0.6 is 0 Å². The first-order valence-electron chi connectivity index (χ1n) is 6.89. The minimum atomic E-state index is 0.377. The molecule has 21 heavy (non-hydrogen) atoms. The highest BCUT2D eigenvalue weighted by Crippen LogP contribution is 2.19. The molecule has 3 rings (SSSR count). The van der Waals surface area contributed by atoms with Crippen LogP contribution in [0.3, 0.4) is 0 Å². The predicted octanol–water partition coefficient (Wildman–Crippen LogP) is 3.67. The van der Waals surface area contributed by atoms with Gasteiger partial charge in [0.25, 0.3) is 0 Å². The van der Waals surface area contributed by atoms with E-state index in [1.54, 1.807) is 0 Å². The standard InChI is InChI=1S/C17H17N3O/c1-12-7-9-14(10-8-12)21-11-16-18-17(20-19-16)15-6-4-3-5-13(15)2/h3-10H,11H2,1-2H3,(H,18,19,20). The number of aromatic amines is 1. The number of hydrogen-bond donors (Lipinski definition) is 1. The van der Waals surface area contributed by atoms with Crippen LogP contribution in [0.5, 0.6) is 5.75 Å². The van der Waals surface area contributed by atoms with Crippen LogP contribution in [-0.2, 0) is 6.61 Å². The van der Waals surface area contributed by atoms with Crippen LogP contribution in [0.1, 0.15) is 17.0 Å². The van der Waals surface area contributed by atoms with Crippen LogP contribution in [0, 0.1) is 13.8 Å². The van der Waals surface area contributed by atoms with Crippen molar-refractivity contribution in [3.8, 4) is 17.1 Å². The molecular weight excluding hydrogens is 262 g/mol. The molecule has 0 aliphatic rings. The highest BCUT2D eigenvalue weighted by molar-refractivity contribution is 5.59. The molecule has 3 aromatic rings. The number of nitrogens with one attached hydrogen (secondary N) is 1. The lowest BCUT2D eigenvalue weighted by Crippen LogP contribution is -1.97. The van der Waals surface area contributed by atoms with Crippen molar-refractivity contribution in [1.82, 2.24) is 15.2 Å². The minimum absolute atomic E-state index is 0.377. The summed E-state index contributed by atoms with van der Waals surface area (Å²) in [6.07, 6.45) is 0. The van der Waals surface area contributed by atoms with Crippen molar-refractivity contribution in [2.24, 2.45) is 0 Å². The molecule has 0 amide bonds. The molecular formula is C17H17N3O. The summed E-state index contributed by atoms with van der Waals surface area (Å²) in [5.41, 5.74) is 3.40. The van der Waals surface area contributed by atoms with Gasteiger partial charge in [-0.2, -0.15) is 5.10 Å². The third-order valence-corrected chi connectivity index (χ3v) is 3.31. The third kappa shape index (κ3) is 3.11. The zero-order valence-corrected chi connectivity index (χ0v) is 12.1. The maximum absolute atomic E-state index is 5.69. The van der Waals surface area contributed by atoms with Gasteiger partial charge in [-0.3, -0.25) is 5.10 Å². The fourth-order valence-electron chi connectivity index (χ4n) is 2.09. The second-order valence-electron chi connectivity index (χ2n) is 5.02. The van der Waals surface area contributed by atoms with Gasteiger partial charge in [-0.15, -0.1) is 0 Å². The van der Waals surface area contributed by atoms with E-state index in [4.69, 9.17) is 4.74 Å². The summed E-state index contributed by atoms with van der Waals surface area (Å²) >= 11 is 0. The lowest BCUT2D eigenvalue weighted by atomic mass is 10.1. The minimum Gasteiger partial charge on any atom is -0.486 e. The number of aromatic nitrogens is 3. The third-order valence-electron chi connectivity index (χ3n) is 3.31. The van der Waals surface area contributed by atoms with Gasteiger partial charge in [-0.25, -0.2) is 4.98 Å². The molecule has 0 bridgehead atoms. The molecule has 0 aliphatic carbocycles. The predicted molar refractivity (Wildman–Crippen MR) is 82.1 cm³/mol. The quantitative estimate of drug-likeness (QED) is 0.792. The van der Waals surface area contributed by atoms with Gasteiger partial charge in [0.05, 0.1) is 0 Å². The molecule has 1 heterocycles. The topological polar surface area (TPSA) is 50.8 Å². The Kier molecular flexibility index (Phi) is 3.69. The molecule has 0 atom stereocenters. The number of rotatable bonds is 4. The Bertz CT molecular complexity index is 732. The molecule has 4 nitrogen and oxygen atoms in total. The fourth-order valence-corrected chi connectivity index (χ4v) is 2.09. The normalized spacial score (nSPS) is 10.6. The van der Waals surface area contributed by atoms with Crippen molar-refractivity contribution < 1.29 is 4.74 Å². The lowest BCUT2D eigenvalue weighted by Gasteiger charge is -2.03. The van der Waals surface area contributed by atoms with Crippen LogP contribution in [0.2, 0.25) is 0 Å². The van der Waals surface area contributed by atoms with E-state index >= 15 is 0 Å². The molecule has 106 valence electrons. The molecule has 0 spiro atoms. The average Bonchev–Trinajstić information content (AvgIpc) is 2.96. The molecule has 1 aromatic heterocycles. The van der Waals surface area contributed by atoms with Gasteiger partial charge < -0.3 is 4.74 Å². The largest absolute Gasteiger partial charge is 0.486 e. The van der Waals surface area contributed by atoms with E-state index in [2.05, 4.69) is 22.1 Å². The highest BCUT2D eigenvalue weighted by atomic mass is 16.5. The summed E-state index contributed by atoms with van der Waals surface area (Å²) in [4.78, 5) is 4.48. The van der Waals surface area contributed by atoms with Crippen molar-refractivity contribution in [1.29, 1.82) is 0 Å². The van der Waals surface area contributed by atoms with E-state index in [9.17, 15) is 0 Å². The van der Waals surface area contributed by atoms with Gasteiger partial charge in [-0.1, -0.05) is 42.0 Å². The summed E-state index contributed by atoms with van der Waals surface area (Å²) in [6, 6.07) is 16.0. The number of H-pyrrole nitrogens is 1. The molecule has 0 saturated carbocycles. The lowest BCUT2D eigenvalue weighted by molar-refractivity contribution is 0.296. The zero-order valence-electron chi connectivity index (χ0n) is 12.1. The summed E-state index contributed by atoms with van der Waals surface area (Å²) in [7, 11) is 0. The summed E-state index contributed by atoms with van der Waals surface area (Å²) in [5, 5.41) is 7.18. The number of benzene rings is 2. The smallest absolute Gasteiger partial charge is 0.181 e. The highest BCUT2D eigenvalue weighted by Gasteiger charge is 2.08. The van der Waals surface area contributed by atoms with Crippen LogP contribution in [-0.4, -0.2) is 15.2 Å². The Morgan fingerprint density at radius 1 is 1.00 bits per heavy atom. The molecule has 4 heteroatoms. The summed E-state index contributed by atoms with van der Waals surface area (Å²) in [6.45, 7) is 4.48. The average molecular weight is 279 g/mol.